The summed E-state index contributed by atoms with van der Waals surface area (Å²) in [6, 6.07) is 8.09. The van der Waals surface area contributed by atoms with Crippen LogP contribution in [0.3, 0.4) is 0 Å². The molecule has 100 valence electrons. The maximum Gasteiger partial charge on any atom is 0.227 e. The molecule has 1 heterocycles. The number of nitrogens with one attached hydrogen (secondary N) is 1. The fourth-order valence-corrected chi connectivity index (χ4v) is 1.97. The molecule has 0 radical (unpaired) electrons. The number of aryl methyl sites for hydroxylation is 1. The van der Waals surface area contributed by atoms with Crippen LogP contribution in [0.5, 0.6) is 0 Å². The van der Waals surface area contributed by atoms with E-state index >= 15 is 0 Å². The van der Waals surface area contributed by atoms with Crippen LogP contribution in [0.2, 0.25) is 5.02 Å². The number of nitrogen functional groups attached to an aromatic ring is 1. The molecular weight excluding hydrogens is 262 g/mol. The zero-order valence-corrected chi connectivity index (χ0v) is 11.4. The third kappa shape index (κ3) is 4.06. The average molecular weight is 278 g/mol. The van der Waals surface area contributed by atoms with E-state index in [0.29, 0.717) is 5.95 Å². The molecule has 0 spiro atoms. The minimum atomic E-state index is 0.218. The molecule has 1 aromatic heterocycles. The van der Waals surface area contributed by atoms with Gasteiger partial charge in [-0.15, -0.1) is 0 Å². The van der Waals surface area contributed by atoms with Gasteiger partial charge in [0.1, 0.15) is 6.33 Å². The van der Waals surface area contributed by atoms with E-state index in [9.17, 15) is 0 Å². The molecule has 0 aliphatic rings. The van der Waals surface area contributed by atoms with Crippen molar-refractivity contribution in [2.75, 3.05) is 11.1 Å². The first-order valence-corrected chi connectivity index (χ1v) is 6.47. The van der Waals surface area contributed by atoms with Crippen LogP contribution in [-0.4, -0.2) is 21.0 Å². The minimum Gasteiger partial charge on any atom is -0.368 e. The van der Waals surface area contributed by atoms with Gasteiger partial charge >= 0.3 is 0 Å². The summed E-state index contributed by atoms with van der Waals surface area (Å²) in [4.78, 5) is 11.8. The van der Waals surface area contributed by atoms with E-state index in [-0.39, 0.29) is 12.0 Å². The minimum absolute atomic E-state index is 0.218. The zero-order valence-electron chi connectivity index (χ0n) is 10.7. The molecule has 5 nitrogen and oxygen atoms in total. The Balaban J connectivity index is 1.88. The van der Waals surface area contributed by atoms with Gasteiger partial charge in [0, 0.05) is 11.1 Å². The summed E-state index contributed by atoms with van der Waals surface area (Å²) >= 11 is 6.12. The van der Waals surface area contributed by atoms with Gasteiger partial charge < -0.3 is 11.1 Å². The number of hydrogen-bond donors (Lipinski definition) is 2. The largest absolute Gasteiger partial charge is 0.368 e. The van der Waals surface area contributed by atoms with Crippen molar-refractivity contribution in [3.8, 4) is 0 Å². The molecule has 0 fully saturated rings. The van der Waals surface area contributed by atoms with Crippen molar-refractivity contribution in [2.45, 2.75) is 25.8 Å². The fraction of sp³-hybridized carbons (Fsp3) is 0.308. The molecule has 0 bridgehead atoms. The molecular formula is C13H16ClN5. The first-order valence-electron chi connectivity index (χ1n) is 6.09. The highest BCUT2D eigenvalue weighted by molar-refractivity contribution is 6.31. The Labute approximate surface area is 117 Å². The number of nitrogens with zero attached hydrogens (tertiary/aromatic N) is 3. The van der Waals surface area contributed by atoms with Crippen LogP contribution in [0.15, 0.2) is 30.6 Å². The van der Waals surface area contributed by atoms with Gasteiger partial charge in [0.25, 0.3) is 0 Å². The third-order valence-corrected chi connectivity index (χ3v) is 3.14. The predicted molar refractivity (Wildman–Crippen MR) is 77.1 cm³/mol. The Hall–Kier alpha value is -1.88. The van der Waals surface area contributed by atoms with Crippen molar-refractivity contribution in [1.29, 1.82) is 0 Å². The lowest BCUT2D eigenvalue weighted by Crippen LogP contribution is -2.18. The molecule has 19 heavy (non-hydrogen) atoms. The summed E-state index contributed by atoms with van der Waals surface area (Å²) in [7, 11) is 0. The summed E-state index contributed by atoms with van der Waals surface area (Å²) < 4.78 is 0. The second kappa shape index (κ2) is 6.33. The number of benzene rings is 1. The molecule has 2 aromatic rings. The topological polar surface area (TPSA) is 76.7 Å². The first-order chi connectivity index (χ1) is 9.15. The van der Waals surface area contributed by atoms with Crippen LogP contribution >= 0.6 is 11.6 Å². The van der Waals surface area contributed by atoms with Crippen molar-refractivity contribution in [3.63, 3.8) is 0 Å². The quantitative estimate of drug-likeness (QED) is 0.878. The molecule has 2 rings (SSSR count). The monoisotopic (exact) mass is 277 g/mol. The maximum absolute atomic E-state index is 6.12. The maximum atomic E-state index is 6.12. The van der Waals surface area contributed by atoms with Crippen LogP contribution in [0.4, 0.5) is 11.9 Å². The highest BCUT2D eigenvalue weighted by atomic mass is 35.5. The van der Waals surface area contributed by atoms with Gasteiger partial charge in [-0.25, -0.2) is 9.97 Å². The van der Waals surface area contributed by atoms with Crippen molar-refractivity contribution in [1.82, 2.24) is 15.0 Å². The van der Waals surface area contributed by atoms with E-state index < -0.39 is 0 Å². The van der Waals surface area contributed by atoms with Crippen LogP contribution in [0.1, 0.15) is 18.9 Å². The third-order valence-electron chi connectivity index (χ3n) is 2.77. The standard InChI is InChI=1S/C13H16ClN5/c1-9(18-13-17-8-16-12(15)19-13)6-7-10-4-2-3-5-11(10)14/h2-5,8-9H,6-7H2,1H3,(H3,15,16,17,18,19). The molecule has 1 unspecified atom stereocenters. The van der Waals surface area contributed by atoms with Gasteiger partial charge in [-0.1, -0.05) is 29.8 Å². The average Bonchev–Trinajstić information content (AvgIpc) is 2.38. The molecule has 6 heteroatoms. The van der Waals surface area contributed by atoms with Crippen LogP contribution < -0.4 is 11.1 Å². The van der Waals surface area contributed by atoms with Crippen molar-refractivity contribution < 1.29 is 0 Å². The molecule has 1 atom stereocenters. The smallest absolute Gasteiger partial charge is 0.227 e. The summed E-state index contributed by atoms with van der Waals surface area (Å²) in [5.41, 5.74) is 6.65. The van der Waals surface area contributed by atoms with Crippen LogP contribution in [0.25, 0.3) is 0 Å². The van der Waals surface area contributed by atoms with Crippen LogP contribution in [-0.2, 0) is 6.42 Å². The lowest BCUT2D eigenvalue weighted by molar-refractivity contribution is 0.698. The fourth-order valence-electron chi connectivity index (χ4n) is 1.74. The van der Waals surface area contributed by atoms with Crippen molar-refractivity contribution in [2.24, 2.45) is 0 Å². The van der Waals surface area contributed by atoms with E-state index in [1.165, 1.54) is 6.33 Å². The summed E-state index contributed by atoms with van der Waals surface area (Å²) in [5, 5.41) is 3.99. The highest BCUT2D eigenvalue weighted by Gasteiger charge is 2.06. The lowest BCUT2D eigenvalue weighted by Gasteiger charge is -2.14. The summed E-state index contributed by atoms with van der Waals surface area (Å²) in [6.45, 7) is 2.07. The second-order valence-electron chi connectivity index (χ2n) is 4.34. The predicted octanol–water partition coefficient (Wildman–Crippen LogP) is 2.54. The SMILES string of the molecule is CC(CCc1ccccc1Cl)Nc1ncnc(N)n1. The van der Waals surface area contributed by atoms with E-state index in [4.69, 9.17) is 17.3 Å². The number of rotatable bonds is 5. The molecule has 0 saturated heterocycles. The summed E-state index contributed by atoms with van der Waals surface area (Å²) in [6.07, 6.45) is 3.22. The lowest BCUT2D eigenvalue weighted by atomic mass is 10.1. The van der Waals surface area contributed by atoms with Gasteiger partial charge in [0.05, 0.1) is 0 Å². The van der Waals surface area contributed by atoms with E-state index in [0.717, 1.165) is 23.4 Å². The van der Waals surface area contributed by atoms with Crippen molar-refractivity contribution in [3.05, 3.63) is 41.2 Å². The summed E-state index contributed by atoms with van der Waals surface area (Å²) in [5.74, 6) is 0.718. The Morgan fingerprint density at radius 1 is 1.32 bits per heavy atom. The molecule has 3 N–H and O–H groups in total. The molecule has 1 aromatic carbocycles. The Morgan fingerprint density at radius 3 is 2.84 bits per heavy atom. The van der Waals surface area contributed by atoms with E-state index in [2.05, 4.69) is 27.2 Å². The number of nitrogens with two attached hydrogens (primary N) is 1. The van der Waals surface area contributed by atoms with Gasteiger partial charge in [-0.2, -0.15) is 4.98 Å². The Morgan fingerprint density at radius 2 is 2.11 bits per heavy atom. The van der Waals surface area contributed by atoms with E-state index in [1.54, 1.807) is 0 Å². The van der Waals surface area contributed by atoms with Gasteiger partial charge in [-0.3, -0.25) is 0 Å². The molecule has 0 amide bonds. The van der Waals surface area contributed by atoms with E-state index in [1.807, 2.05) is 24.3 Å². The number of halogens is 1. The van der Waals surface area contributed by atoms with Gasteiger partial charge in [-0.05, 0) is 31.4 Å². The number of anilines is 2. The van der Waals surface area contributed by atoms with Gasteiger partial charge in [0.15, 0.2) is 0 Å². The highest BCUT2D eigenvalue weighted by Crippen LogP contribution is 2.17. The second-order valence-corrected chi connectivity index (χ2v) is 4.75. The molecule has 0 aliphatic heterocycles. The normalized spacial score (nSPS) is 12.1. The van der Waals surface area contributed by atoms with Crippen molar-refractivity contribution >= 4 is 23.5 Å². The van der Waals surface area contributed by atoms with Gasteiger partial charge in [0.2, 0.25) is 11.9 Å². The van der Waals surface area contributed by atoms with Crippen LogP contribution in [0, 0.1) is 0 Å². The molecule has 0 saturated carbocycles. The zero-order chi connectivity index (χ0) is 13.7. The molecule has 0 aliphatic carbocycles. The first kappa shape index (κ1) is 13.5. The Kier molecular flexibility index (Phi) is 4.52. The Bertz CT molecular complexity index is 546. The number of hydrogen-bond acceptors (Lipinski definition) is 5. The number of aromatic nitrogens is 3.